The normalized spacial score (nSPS) is 11.9. The molecule has 0 aliphatic heterocycles. The number of benzene rings is 1. The molecule has 0 aliphatic carbocycles. The Labute approximate surface area is 107 Å². The number of nitrogens with one attached hydrogen (secondary N) is 1. The minimum Gasteiger partial charge on any atom is -0.495 e. The number of nitrogens with two attached hydrogens (primary N) is 1. The second-order valence-electron chi connectivity index (χ2n) is 4.20. The summed E-state index contributed by atoms with van der Waals surface area (Å²) in [6.45, 7) is 2.04. The van der Waals surface area contributed by atoms with E-state index >= 15 is 0 Å². The molecule has 0 heterocycles. The highest BCUT2D eigenvalue weighted by Crippen LogP contribution is 2.21. The summed E-state index contributed by atoms with van der Waals surface area (Å²) in [4.78, 5) is 11.9. The van der Waals surface area contributed by atoms with Gasteiger partial charge in [-0.3, -0.25) is 4.79 Å². The molecule has 0 aromatic heterocycles. The van der Waals surface area contributed by atoms with E-state index in [1.807, 2.05) is 6.92 Å². The van der Waals surface area contributed by atoms with Crippen LogP contribution >= 0.6 is 0 Å². The molecule has 1 atom stereocenters. The van der Waals surface area contributed by atoms with Crippen LogP contribution in [0.2, 0.25) is 0 Å². The third-order valence-electron chi connectivity index (χ3n) is 2.66. The van der Waals surface area contributed by atoms with E-state index in [2.05, 4.69) is 5.32 Å². The maximum absolute atomic E-state index is 11.9. The van der Waals surface area contributed by atoms with Gasteiger partial charge in [-0.15, -0.1) is 0 Å². The molecule has 0 fully saturated rings. The quantitative estimate of drug-likeness (QED) is 0.663. The Morgan fingerprint density at radius 1 is 1.56 bits per heavy atom. The Morgan fingerprint density at radius 3 is 2.83 bits per heavy atom. The molecule has 1 rings (SSSR count). The molecule has 5 nitrogen and oxygen atoms in total. The first-order valence-electron chi connectivity index (χ1n) is 5.93. The monoisotopic (exact) mass is 252 g/mol. The van der Waals surface area contributed by atoms with Crippen LogP contribution in [0.25, 0.3) is 0 Å². The van der Waals surface area contributed by atoms with Crippen molar-refractivity contribution in [2.45, 2.75) is 25.8 Å². The van der Waals surface area contributed by atoms with Crippen molar-refractivity contribution in [3.8, 4) is 5.75 Å². The molecule has 0 aliphatic rings. The molecule has 0 saturated heterocycles. The Hall–Kier alpha value is -1.75. The van der Waals surface area contributed by atoms with Crippen LogP contribution in [0, 0.1) is 0 Å². The fourth-order valence-electron chi connectivity index (χ4n) is 1.65. The van der Waals surface area contributed by atoms with E-state index in [0.717, 1.165) is 6.42 Å². The lowest BCUT2D eigenvalue weighted by Gasteiger charge is -2.14. The zero-order valence-electron chi connectivity index (χ0n) is 10.8. The van der Waals surface area contributed by atoms with Crippen molar-refractivity contribution >= 4 is 11.6 Å². The van der Waals surface area contributed by atoms with Gasteiger partial charge in [-0.25, -0.2) is 0 Å². The van der Waals surface area contributed by atoms with Crippen LogP contribution in [0.5, 0.6) is 5.75 Å². The minimum absolute atomic E-state index is 0.0213. The highest BCUT2D eigenvalue weighted by Gasteiger charge is 2.11. The molecule has 1 unspecified atom stereocenters. The van der Waals surface area contributed by atoms with Gasteiger partial charge >= 0.3 is 0 Å². The van der Waals surface area contributed by atoms with Gasteiger partial charge in [0.25, 0.3) is 5.91 Å². The Bertz CT molecular complexity index is 407. The van der Waals surface area contributed by atoms with Gasteiger partial charge in [-0.2, -0.15) is 0 Å². The van der Waals surface area contributed by atoms with Crippen molar-refractivity contribution in [2.75, 3.05) is 19.5 Å². The van der Waals surface area contributed by atoms with Crippen molar-refractivity contribution in [1.82, 2.24) is 5.32 Å². The topological polar surface area (TPSA) is 84.6 Å². The maximum atomic E-state index is 11.9. The lowest BCUT2D eigenvalue weighted by atomic mass is 10.1. The number of anilines is 1. The number of nitrogen functional groups attached to an aromatic ring is 1. The smallest absolute Gasteiger partial charge is 0.251 e. The fourth-order valence-corrected chi connectivity index (χ4v) is 1.65. The van der Waals surface area contributed by atoms with Crippen LogP contribution in [0.15, 0.2) is 18.2 Å². The average Bonchev–Trinajstić information content (AvgIpc) is 2.36. The maximum Gasteiger partial charge on any atom is 0.251 e. The molecule has 1 aromatic carbocycles. The predicted molar refractivity (Wildman–Crippen MR) is 70.7 cm³/mol. The van der Waals surface area contributed by atoms with E-state index in [1.54, 1.807) is 18.2 Å². The number of aliphatic hydroxyl groups is 1. The number of hydrogen-bond donors (Lipinski definition) is 3. The summed E-state index contributed by atoms with van der Waals surface area (Å²) in [7, 11) is 1.53. The number of rotatable bonds is 6. The van der Waals surface area contributed by atoms with E-state index < -0.39 is 0 Å². The number of methoxy groups -OCH3 is 1. The van der Waals surface area contributed by atoms with Crippen molar-refractivity contribution in [1.29, 1.82) is 0 Å². The lowest BCUT2D eigenvalue weighted by Crippen LogP contribution is -2.32. The van der Waals surface area contributed by atoms with Crippen LogP contribution in [0.3, 0.4) is 0 Å². The molecule has 0 bridgehead atoms. The molecule has 0 radical (unpaired) electrons. The number of aliphatic hydroxyl groups excluding tert-OH is 1. The van der Waals surface area contributed by atoms with Crippen molar-refractivity contribution in [3.05, 3.63) is 23.8 Å². The van der Waals surface area contributed by atoms with Gasteiger partial charge in [-0.1, -0.05) is 0 Å². The van der Waals surface area contributed by atoms with E-state index in [4.69, 9.17) is 15.6 Å². The molecular formula is C13H20N2O3. The number of ether oxygens (including phenoxy) is 1. The van der Waals surface area contributed by atoms with Gasteiger partial charge in [0.1, 0.15) is 5.75 Å². The number of carbonyl (C=O) groups is 1. The highest BCUT2D eigenvalue weighted by molar-refractivity contribution is 5.95. The van der Waals surface area contributed by atoms with Gasteiger partial charge in [0.15, 0.2) is 0 Å². The van der Waals surface area contributed by atoms with Gasteiger partial charge in [0.2, 0.25) is 0 Å². The third kappa shape index (κ3) is 3.92. The van der Waals surface area contributed by atoms with Crippen molar-refractivity contribution in [2.24, 2.45) is 0 Å². The first kappa shape index (κ1) is 14.3. The summed E-state index contributed by atoms with van der Waals surface area (Å²) < 4.78 is 5.03. The molecule has 100 valence electrons. The van der Waals surface area contributed by atoms with Gasteiger partial charge in [0, 0.05) is 18.2 Å². The minimum atomic E-state index is -0.171. The highest BCUT2D eigenvalue weighted by atomic mass is 16.5. The Kier molecular flexibility index (Phi) is 5.45. The number of hydrogen-bond acceptors (Lipinski definition) is 4. The van der Waals surface area contributed by atoms with Gasteiger partial charge in [-0.05, 0) is 38.0 Å². The van der Waals surface area contributed by atoms with Crippen molar-refractivity contribution < 1.29 is 14.6 Å². The molecule has 0 saturated carbocycles. The second-order valence-corrected chi connectivity index (χ2v) is 4.20. The van der Waals surface area contributed by atoms with E-state index in [1.165, 1.54) is 7.11 Å². The number of amides is 1. The summed E-state index contributed by atoms with van der Waals surface area (Å²) in [5.41, 5.74) is 6.68. The summed E-state index contributed by atoms with van der Waals surface area (Å²) in [6.07, 6.45) is 1.42. The van der Waals surface area contributed by atoms with Gasteiger partial charge in [0.05, 0.1) is 12.8 Å². The average molecular weight is 252 g/mol. The largest absolute Gasteiger partial charge is 0.495 e. The lowest BCUT2D eigenvalue weighted by molar-refractivity contribution is 0.0936. The van der Waals surface area contributed by atoms with Crippen LogP contribution in [0.4, 0.5) is 5.69 Å². The van der Waals surface area contributed by atoms with Crippen LogP contribution < -0.4 is 15.8 Å². The van der Waals surface area contributed by atoms with E-state index in [-0.39, 0.29) is 18.6 Å². The summed E-state index contributed by atoms with van der Waals surface area (Å²) in [5, 5.41) is 11.6. The SMILES string of the molecule is COc1ccc(C(=O)NC(C)CCCO)cc1N. The third-order valence-corrected chi connectivity index (χ3v) is 2.66. The summed E-state index contributed by atoms with van der Waals surface area (Å²) in [6, 6.07) is 4.95. The zero-order valence-corrected chi connectivity index (χ0v) is 10.8. The predicted octanol–water partition coefficient (Wildman–Crippen LogP) is 1.17. The molecule has 1 amide bonds. The molecule has 5 heteroatoms. The summed E-state index contributed by atoms with van der Waals surface area (Å²) >= 11 is 0. The van der Waals surface area contributed by atoms with Crippen LogP contribution in [0.1, 0.15) is 30.1 Å². The Morgan fingerprint density at radius 2 is 2.28 bits per heavy atom. The van der Waals surface area contributed by atoms with E-state index in [0.29, 0.717) is 23.4 Å². The first-order valence-corrected chi connectivity index (χ1v) is 5.93. The van der Waals surface area contributed by atoms with Crippen molar-refractivity contribution in [3.63, 3.8) is 0 Å². The van der Waals surface area contributed by atoms with Gasteiger partial charge < -0.3 is 20.9 Å². The molecular weight excluding hydrogens is 232 g/mol. The van der Waals surface area contributed by atoms with Crippen LogP contribution in [-0.4, -0.2) is 30.8 Å². The molecule has 0 spiro atoms. The first-order chi connectivity index (χ1) is 8.58. The number of carbonyl (C=O) groups excluding carboxylic acids is 1. The molecule has 18 heavy (non-hydrogen) atoms. The zero-order chi connectivity index (χ0) is 13.5. The molecule has 4 N–H and O–H groups in total. The summed E-state index contributed by atoms with van der Waals surface area (Å²) in [5.74, 6) is 0.384. The standard InChI is InChI=1S/C13H20N2O3/c1-9(4-3-7-16)15-13(17)10-5-6-12(18-2)11(14)8-10/h5-6,8-9,16H,3-4,7,14H2,1-2H3,(H,15,17). The van der Waals surface area contributed by atoms with E-state index in [9.17, 15) is 4.79 Å². The second kappa shape index (κ2) is 6.86. The van der Waals surface area contributed by atoms with Crippen LogP contribution in [-0.2, 0) is 0 Å². The fraction of sp³-hybridized carbons (Fsp3) is 0.462. The molecule has 1 aromatic rings. The Balaban J connectivity index is 2.64.